The molecule has 1 aromatic rings. The van der Waals surface area contributed by atoms with E-state index in [-0.39, 0.29) is 11.3 Å². The van der Waals surface area contributed by atoms with Crippen molar-refractivity contribution in [2.45, 2.75) is 13.3 Å². The van der Waals surface area contributed by atoms with Gasteiger partial charge in [0.2, 0.25) is 0 Å². The summed E-state index contributed by atoms with van der Waals surface area (Å²) in [7, 11) is 1.76. The third kappa shape index (κ3) is 2.67. The van der Waals surface area contributed by atoms with E-state index >= 15 is 0 Å². The minimum Gasteiger partial charge on any atom is -0.477 e. The molecule has 2 atom stereocenters. The van der Waals surface area contributed by atoms with Crippen LogP contribution >= 0.6 is 0 Å². The first kappa shape index (κ1) is 13.3. The van der Waals surface area contributed by atoms with E-state index in [0.717, 1.165) is 6.42 Å². The van der Waals surface area contributed by atoms with E-state index in [2.05, 4.69) is 6.92 Å². The van der Waals surface area contributed by atoms with Crippen molar-refractivity contribution in [1.82, 2.24) is 0 Å². The van der Waals surface area contributed by atoms with Crippen molar-refractivity contribution < 1.29 is 14.8 Å². The van der Waals surface area contributed by atoms with Crippen LogP contribution in [0, 0.1) is 22.0 Å². The molecule has 1 aromatic carbocycles. The smallest absolute Gasteiger partial charge is 0.342 e. The molecule has 1 aliphatic rings. The molecule has 0 aliphatic heterocycles. The van der Waals surface area contributed by atoms with Crippen LogP contribution in [0.3, 0.4) is 0 Å². The molecule has 1 fully saturated rings. The van der Waals surface area contributed by atoms with Gasteiger partial charge in [-0.25, -0.2) is 4.79 Å². The van der Waals surface area contributed by atoms with Gasteiger partial charge in [0.05, 0.1) is 4.92 Å². The molecule has 2 unspecified atom stereocenters. The highest BCUT2D eigenvalue weighted by molar-refractivity contribution is 5.95. The van der Waals surface area contributed by atoms with Crippen LogP contribution in [0.4, 0.5) is 11.4 Å². The summed E-state index contributed by atoms with van der Waals surface area (Å²) in [6.45, 7) is 2.85. The molecule has 0 spiro atoms. The molecular formula is C13H16N2O4. The molecule has 1 aliphatic carbocycles. The van der Waals surface area contributed by atoms with Crippen LogP contribution in [0.5, 0.6) is 0 Å². The zero-order valence-corrected chi connectivity index (χ0v) is 10.9. The number of anilines is 1. The second kappa shape index (κ2) is 4.87. The zero-order chi connectivity index (χ0) is 14.2. The Morgan fingerprint density at radius 2 is 2.21 bits per heavy atom. The Hall–Kier alpha value is -2.11. The summed E-state index contributed by atoms with van der Waals surface area (Å²) in [5.41, 5.74) is -0.229. The summed E-state index contributed by atoms with van der Waals surface area (Å²) < 4.78 is 0. The zero-order valence-electron chi connectivity index (χ0n) is 10.9. The third-order valence-corrected chi connectivity index (χ3v) is 3.62. The number of hydrogen-bond donors (Lipinski definition) is 1. The first-order chi connectivity index (χ1) is 8.91. The summed E-state index contributed by atoms with van der Waals surface area (Å²) in [5, 5.41) is 20.2. The highest BCUT2D eigenvalue weighted by Gasteiger charge is 2.35. The van der Waals surface area contributed by atoms with Crippen LogP contribution < -0.4 is 4.90 Å². The van der Waals surface area contributed by atoms with E-state index in [1.54, 1.807) is 24.1 Å². The molecular weight excluding hydrogens is 248 g/mol. The minimum atomic E-state index is -1.28. The lowest BCUT2D eigenvalue weighted by Crippen LogP contribution is -2.22. The number of hydrogen-bond acceptors (Lipinski definition) is 4. The second-order valence-electron chi connectivity index (χ2n) is 5.09. The first-order valence-electron chi connectivity index (χ1n) is 6.13. The fraction of sp³-hybridized carbons (Fsp3) is 0.462. The van der Waals surface area contributed by atoms with Gasteiger partial charge in [-0.3, -0.25) is 10.1 Å². The van der Waals surface area contributed by atoms with Gasteiger partial charge in [0.15, 0.2) is 0 Å². The highest BCUT2D eigenvalue weighted by Crippen LogP contribution is 2.40. The van der Waals surface area contributed by atoms with Crippen LogP contribution in [-0.2, 0) is 0 Å². The van der Waals surface area contributed by atoms with Gasteiger partial charge in [0, 0.05) is 13.6 Å². The molecule has 0 amide bonds. The average Bonchev–Trinajstić information content (AvgIpc) is 3.03. The maximum Gasteiger partial charge on any atom is 0.342 e. The second-order valence-corrected chi connectivity index (χ2v) is 5.09. The minimum absolute atomic E-state index is 0.266. The fourth-order valence-corrected chi connectivity index (χ4v) is 2.31. The standard InChI is InChI=1S/C13H16N2O4/c1-8-6-9(8)7-14(2)11-5-3-4-10(13(16)17)12(11)15(18)19/h3-5,8-9H,6-7H2,1-2H3,(H,16,17). The first-order valence-corrected chi connectivity index (χ1v) is 6.13. The summed E-state index contributed by atoms with van der Waals surface area (Å²) in [4.78, 5) is 23.4. The molecule has 0 radical (unpaired) electrons. The van der Waals surface area contributed by atoms with E-state index in [0.29, 0.717) is 24.1 Å². The molecule has 102 valence electrons. The van der Waals surface area contributed by atoms with Crippen molar-refractivity contribution in [2.24, 2.45) is 11.8 Å². The molecule has 0 bridgehead atoms. The number of nitrogens with zero attached hydrogens (tertiary/aromatic N) is 2. The number of para-hydroxylation sites is 1. The summed E-state index contributed by atoms with van der Waals surface area (Å²) >= 11 is 0. The van der Waals surface area contributed by atoms with Gasteiger partial charge < -0.3 is 10.0 Å². The molecule has 1 saturated carbocycles. The highest BCUT2D eigenvalue weighted by atomic mass is 16.6. The Labute approximate surface area is 110 Å². The molecule has 6 nitrogen and oxygen atoms in total. The normalized spacial score (nSPS) is 20.9. The Morgan fingerprint density at radius 1 is 1.58 bits per heavy atom. The van der Waals surface area contributed by atoms with Crippen molar-refractivity contribution in [1.29, 1.82) is 0 Å². The van der Waals surface area contributed by atoms with Gasteiger partial charge in [-0.2, -0.15) is 0 Å². The van der Waals surface area contributed by atoms with Crippen LogP contribution in [0.1, 0.15) is 23.7 Å². The maximum absolute atomic E-state index is 11.1. The third-order valence-electron chi connectivity index (χ3n) is 3.62. The number of carboxylic acids is 1. The Bertz CT molecular complexity index is 529. The Balaban J connectivity index is 2.35. The molecule has 0 heterocycles. The monoisotopic (exact) mass is 264 g/mol. The maximum atomic E-state index is 11.1. The van der Waals surface area contributed by atoms with Crippen LogP contribution in [-0.4, -0.2) is 29.6 Å². The Kier molecular flexibility index (Phi) is 3.42. The van der Waals surface area contributed by atoms with Crippen molar-refractivity contribution in [3.63, 3.8) is 0 Å². The predicted molar refractivity (Wildman–Crippen MR) is 70.6 cm³/mol. The molecule has 1 N–H and O–H groups in total. The number of nitro groups is 1. The van der Waals surface area contributed by atoms with Gasteiger partial charge in [-0.15, -0.1) is 0 Å². The molecule has 19 heavy (non-hydrogen) atoms. The number of rotatable bonds is 5. The number of aromatic carboxylic acids is 1. The number of benzene rings is 1. The van der Waals surface area contributed by atoms with Crippen LogP contribution in [0.15, 0.2) is 18.2 Å². The Morgan fingerprint density at radius 3 is 2.68 bits per heavy atom. The lowest BCUT2D eigenvalue weighted by molar-refractivity contribution is -0.384. The van der Waals surface area contributed by atoms with Crippen molar-refractivity contribution >= 4 is 17.3 Å². The lowest BCUT2D eigenvalue weighted by Gasteiger charge is -2.19. The van der Waals surface area contributed by atoms with Gasteiger partial charge in [-0.05, 0) is 30.4 Å². The largest absolute Gasteiger partial charge is 0.477 e. The molecule has 2 rings (SSSR count). The fourth-order valence-electron chi connectivity index (χ4n) is 2.31. The van der Waals surface area contributed by atoms with Gasteiger partial charge in [0.1, 0.15) is 11.3 Å². The van der Waals surface area contributed by atoms with Crippen LogP contribution in [0.2, 0.25) is 0 Å². The van der Waals surface area contributed by atoms with E-state index < -0.39 is 10.9 Å². The van der Waals surface area contributed by atoms with E-state index in [1.807, 2.05) is 0 Å². The summed E-state index contributed by atoms with van der Waals surface area (Å²) in [6, 6.07) is 4.40. The van der Waals surface area contributed by atoms with Crippen LogP contribution in [0.25, 0.3) is 0 Å². The summed E-state index contributed by atoms with van der Waals surface area (Å²) in [5.74, 6) is -0.0935. The van der Waals surface area contributed by atoms with Crippen molar-refractivity contribution in [3.05, 3.63) is 33.9 Å². The van der Waals surface area contributed by atoms with E-state index in [1.165, 1.54) is 6.07 Å². The van der Waals surface area contributed by atoms with Gasteiger partial charge in [0.25, 0.3) is 0 Å². The number of nitro benzene ring substituents is 1. The molecule has 6 heteroatoms. The van der Waals surface area contributed by atoms with E-state index in [9.17, 15) is 14.9 Å². The number of carbonyl (C=O) groups is 1. The summed E-state index contributed by atoms with van der Waals surface area (Å²) in [6.07, 6.45) is 1.12. The van der Waals surface area contributed by atoms with E-state index in [4.69, 9.17) is 5.11 Å². The quantitative estimate of drug-likeness (QED) is 0.652. The molecule has 0 aromatic heterocycles. The van der Waals surface area contributed by atoms with Gasteiger partial charge >= 0.3 is 11.7 Å². The van der Waals surface area contributed by atoms with Crippen molar-refractivity contribution in [3.8, 4) is 0 Å². The topological polar surface area (TPSA) is 83.7 Å². The average molecular weight is 264 g/mol. The molecule has 0 saturated heterocycles. The van der Waals surface area contributed by atoms with Gasteiger partial charge in [-0.1, -0.05) is 13.0 Å². The SMILES string of the molecule is CC1CC1CN(C)c1cccc(C(=O)O)c1[N+](=O)[O-]. The van der Waals surface area contributed by atoms with Crippen molar-refractivity contribution in [2.75, 3.05) is 18.5 Å². The lowest BCUT2D eigenvalue weighted by atomic mass is 10.1. The number of carboxylic acid groups (broad SMARTS) is 1. The predicted octanol–water partition coefficient (Wildman–Crippen LogP) is 2.39.